The van der Waals surface area contributed by atoms with Crippen molar-refractivity contribution >= 4 is 21.7 Å². The average molecular weight is 272 g/mol. The van der Waals surface area contributed by atoms with E-state index in [1.54, 1.807) is 6.20 Å². The molecule has 0 spiro atoms. The third-order valence-electron chi connectivity index (χ3n) is 2.44. The van der Waals surface area contributed by atoms with E-state index in [9.17, 15) is 0 Å². The molecule has 4 nitrogen and oxygen atoms in total. The van der Waals surface area contributed by atoms with Crippen molar-refractivity contribution < 1.29 is 4.74 Å². The first-order chi connectivity index (χ1) is 7.36. The third kappa shape index (κ3) is 3.14. The predicted octanol–water partition coefficient (Wildman–Crippen LogP) is 2.22. The highest BCUT2D eigenvalue weighted by atomic mass is 79.9. The number of aromatic nitrogens is 2. The summed E-state index contributed by atoms with van der Waals surface area (Å²) in [5, 5.41) is 3.26. The summed E-state index contributed by atoms with van der Waals surface area (Å²) < 4.78 is 6.51. The Balaban J connectivity index is 1.84. The summed E-state index contributed by atoms with van der Waals surface area (Å²) in [6.45, 7) is 1.70. The highest BCUT2D eigenvalue weighted by molar-refractivity contribution is 9.10. The Morgan fingerprint density at radius 2 is 2.47 bits per heavy atom. The maximum Gasteiger partial charge on any atom is 0.143 e. The summed E-state index contributed by atoms with van der Waals surface area (Å²) in [6, 6.07) is 0. The number of nitrogens with zero attached hydrogens (tertiary/aromatic N) is 2. The van der Waals surface area contributed by atoms with Gasteiger partial charge < -0.3 is 10.1 Å². The van der Waals surface area contributed by atoms with Gasteiger partial charge in [0, 0.05) is 19.3 Å². The lowest BCUT2D eigenvalue weighted by atomic mass is 10.1. The molecule has 1 aliphatic rings. The number of hydrogen-bond donors (Lipinski definition) is 1. The van der Waals surface area contributed by atoms with Crippen molar-refractivity contribution in [1.82, 2.24) is 9.97 Å². The van der Waals surface area contributed by atoms with E-state index in [1.165, 1.54) is 19.2 Å². The number of nitrogens with one attached hydrogen (secondary N) is 1. The van der Waals surface area contributed by atoms with Gasteiger partial charge in [0.2, 0.25) is 0 Å². The molecule has 5 heteroatoms. The van der Waals surface area contributed by atoms with Crippen LogP contribution < -0.4 is 5.32 Å². The molecule has 1 aromatic rings. The van der Waals surface area contributed by atoms with E-state index in [0.717, 1.165) is 29.9 Å². The van der Waals surface area contributed by atoms with Gasteiger partial charge in [-0.2, -0.15) is 0 Å². The summed E-state index contributed by atoms with van der Waals surface area (Å²) in [6.07, 6.45) is 7.17. The Morgan fingerprint density at radius 1 is 1.53 bits per heavy atom. The molecule has 1 fully saturated rings. The Morgan fingerprint density at radius 3 is 3.20 bits per heavy atom. The fourth-order valence-electron chi connectivity index (χ4n) is 1.62. The van der Waals surface area contributed by atoms with E-state index in [2.05, 4.69) is 31.2 Å². The molecule has 15 heavy (non-hydrogen) atoms. The van der Waals surface area contributed by atoms with Crippen molar-refractivity contribution in [2.45, 2.75) is 25.4 Å². The molecule has 0 aliphatic carbocycles. The van der Waals surface area contributed by atoms with Crippen LogP contribution in [0.25, 0.3) is 0 Å². The molecule has 0 aromatic carbocycles. The highest BCUT2D eigenvalue weighted by Crippen LogP contribution is 2.18. The molecule has 1 aromatic heterocycles. The highest BCUT2D eigenvalue weighted by Gasteiger charge is 2.13. The largest absolute Gasteiger partial charge is 0.376 e. The number of hydrogen-bond acceptors (Lipinski definition) is 4. The molecule has 0 bridgehead atoms. The lowest BCUT2D eigenvalue weighted by molar-refractivity contribution is 0.0247. The molecule has 2 rings (SSSR count). The van der Waals surface area contributed by atoms with Crippen LogP contribution in [0.5, 0.6) is 0 Å². The van der Waals surface area contributed by atoms with Gasteiger partial charge in [0.05, 0.1) is 10.6 Å². The summed E-state index contributed by atoms with van der Waals surface area (Å²) in [4.78, 5) is 8.05. The molecule has 1 atom stereocenters. The Kier molecular flexibility index (Phi) is 3.91. The average Bonchev–Trinajstić information content (AvgIpc) is 2.29. The van der Waals surface area contributed by atoms with Crippen LogP contribution >= 0.6 is 15.9 Å². The van der Waals surface area contributed by atoms with E-state index < -0.39 is 0 Å². The minimum atomic E-state index is 0.320. The van der Waals surface area contributed by atoms with Gasteiger partial charge >= 0.3 is 0 Å². The zero-order valence-electron chi connectivity index (χ0n) is 8.45. The molecule has 82 valence electrons. The minimum Gasteiger partial charge on any atom is -0.376 e. The second-order valence-electron chi connectivity index (χ2n) is 3.59. The summed E-state index contributed by atoms with van der Waals surface area (Å²) in [7, 11) is 0. The molecular formula is C10H14BrN3O. The molecule has 1 aliphatic heterocycles. The number of ether oxygens (including phenoxy) is 1. The molecule has 1 unspecified atom stereocenters. The fraction of sp³-hybridized carbons (Fsp3) is 0.600. The summed E-state index contributed by atoms with van der Waals surface area (Å²) >= 11 is 3.39. The molecule has 0 saturated carbocycles. The standard InChI is InChI=1S/C10H14BrN3O/c11-9-6-12-7-14-10(9)13-5-8-3-1-2-4-15-8/h6-8H,1-5H2,(H,12,13,14). The van der Waals surface area contributed by atoms with Crippen molar-refractivity contribution in [3.05, 3.63) is 17.0 Å². The summed E-state index contributed by atoms with van der Waals surface area (Å²) in [5.41, 5.74) is 0. The van der Waals surface area contributed by atoms with Gasteiger partial charge in [-0.3, -0.25) is 0 Å². The second-order valence-corrected chi connectivity index (χ2v) is 4.44. The van der Waals surface area contributed by atoms with Crippen LogP contribution in [0.15, 0.2) is 17.0 Å². The van der Waals surface area contributed by atoms with E-state index in [4.69, 9.17) is 4.74 Å². The number of rotatable bonds is 3. The summed E-state index contributed by atoms with van der Waals surface area (Å²) in [5.74, 6) is 0.833. The molecule has 1 saturated heterocycles. The Labute approximate surface area is 97.6 Å². The van der Waals surface area contributed by atoms with Crippen LogP contribution in [0.4, 0.5) is 5.82 Å². The second kappa shape index (κ2) is 5.42. The van der Waals surface area contributed by atoms with Crippen LogP contribution in [0.1, 0.15) is 19.3 Å². The van der Waals surface area contributed by atoms with Crippen LogP contribution in [0.2, 0.25) is 0 Å². The van der Waals surface area contributed by atoms with Crippen molar-refractivity contribution in [3.63, 3.8) is 0 Å². The van der Waals surface area contributed by atoms with Crippen molar-refractivity contribution in [1.29, 1.82) is 0 Å². The Bertz CT molecular complexity index is 315. The van der Waals surface area contributed by atoms with Gasteiger partial charge in [-0.25, -0.2) is 9.97 Å². The van der Waals surface area contributed by atoms with Crippen molar-refractivity contribution in [2.24, 2.45) is 0 Å². The van der Waals surface area contributed by atoms with Gasteiger partial charge in [0.15, 0.2) is 0 Å². The van der Waals surface area contributed by atoms with E-state index in [-0.39, 0.29) is 0 Å². The third-order valence-corrected chi connectivity index (χ3v) is 3.02. The van der Waals surface area contributed by atoms with Crippen LogP contribution in [0, 0.1) is 0 Å². The monoisotopic (exact) mass is 271 g/mol. The lowest BCUT2D eigenvalue weighted by Crippen LogP contribution is -2.27. The van der Waals surface area contributed by atoms with Gasteiger partial charge in [-0.15, -0.1) is 0 Å². The first-order valence-electron chi connectivity index (χ1n) is 5.17. The zero-order chi connectivity index (χ0) is 10.5. The van der Waals surface area contributed by atoms with Crippen LogP contribution in [0.3, 0.4) is 0 Å². The SMILES string of the molecule is Brc1cncnc1NCC1CCCCO1. The molecule has 0 amide bonds. The molecular weight excluding hydrogens is 258 g/mol. The first-order valence-corrected chi connectivity index (χ1v) is 5.96. The number of halogens is 1. The minimum absolute atomic E-state index is 0.320. The van der Waals surface area contributed by atoms with Crippen molar-refractivity contribution in [2.75, 3.05) is 18.5 Å². The predicted molar refractivity (Wildman–Crippen MR) is 61.8 cm³/mol. The van der Waals surface area contributed by atoms with Crippen LogP contribution in [-0.2, 0) is 4.74 Å². The first kappa shape index (κ1) is 10.8. The van der Waals surface area contributed by atoms with E-state index >= 15 is 0 Å². The fourth-order valence-corrected chi connectivity index (χ4v) is 1.98. The van der Waals surface area contributed by atoms with Crippen LogP contribution in [-0.4, -0.2) is 29.2 Å². The quantitative estimate of drug-likeness (QED) is 0.916. The van der Waals surface area contributed by atoms with E-state index in [0.29, 0.717) is 6.10 Å². The molecule has 0 radical (unpaired) electrons. The van der Waals surface area contributed by atoms with Crippen molar-refractivity contribution in [3.8, 4) is 0 Å². The van der Waals surface area contributed by atoms with Gasteiger partial charge in [-0.05, 0) is 35.2 Å². The maximum atomic E-state index is 5.62. The Hall–Kier alpha value is -0.680. The van der Waals surface area contributed by atoms with Gasteiger partial charge in [-0.1, -0.05) is 0 Å². The number of anilines is 1. The molecule has 1 N–H and O–H groups in total. The van der Waals surface area contributed by atoms with E-state index in [1.807, 2.05) is 0 Å². The lowest BCUT2D eigenvalue weighted by Gasteiger charge is -2.23. The zero-order valence-corrected chi connectivity index (χ0v) is 10.0. The van der Waals surface area contributed by atoms with Gasteiger partial charge in [0.1, 0.15) is 12.1 Å². The van der Waals surface area contributed by atoms with Gasteiger partial charge in [0.25, 0.3) is 0 Å². The topological polar surface area (TPSA) is 47.0 Å². The normalized spacial score (nSPS) is 21.3. The smallest absolute Gasteiger partial charge is 0.143 e. The molecule has 2 heterocycles. The maximum absolute atomic E-state index is 5.62.